The highest BCUT2D eigenvalue weighted by atomic mass is 16.7. The van der Waals surface area contributed by atoms with E-state index in [4.69, 9.17) is 19.1 Å². The zero-order chi connectivity index (χ0) is 16.3. The van der Waals surface area contributed by atoms with Crippen molar-refractivity contribution in [2.45, 2.75) is 25.5 Å². The average Bonchev–Trinajstić information content (AvgIpc) is 2.94. The molecule has 0 bridgehead atoms. The third-order valence-corrected chi connectivity index (χ3v) is 3.60. The summed E-state index contributed by atoms with van der Waals surface area (Å²) in [5.74, 6) is 0.958. The van der Waals surface area contributed by atoms with Gasteiger partial charge in [-0.3, -0.25) is 0 Å². The van der Waals surface area contributed by atoms with Crippen LogP contribution in [0, 0.1) is 6.92 Å². The van der Waals surface area contributed by atoms with E-state index in [1.165, 1.54) is 0 Å². The molecule has 1 aliphatic rings. The Morgan fingerprint density at radius 3 is 2.83 bits per heavy atom. The Balaban J connectivity index is 1.84. The van der Waals surface area contributed by atoms with Crippen molar-refractivity contribution in [3.8, 4) is 11.4 Å². The Hall–Kier alpha value is -2.61. The summed E-state index contributed by atoms with van der Waals surface area (Å²) in [5.41, 5.74) is 0.494. The predicted molar refractivity (Wildman–Crippen MR) is 80.0 cm³/mol. The number of carbonyl (C=O) groups is 1. The molecule has 1 aromatic carbocycles. The van der Waals surface area contributed by atoms with Crippen LogP contribution >= 0.6 is 0 Å². The van der Waals surface area contributed by atoms with E-state index in [0.29, 0.717) is 43.5 Å². The second kappa shape index (κ2) is 6.25. The molecule has 2 N–H and O–H groups in total. The largest absolute Gasteiger partial charge is 0.507 e. The zero-order valence-electron chi connectivity index (χ0n) is 12.6. The molecule has 2 aromatic rings. The van der Waals surface area contributed by atoms with Gasteiger partial charge in [0.05, 0.1) is 13.2 Å². The topological polar surface area (TPSA) is 107 Å². The molecule has 1 aromatic heterocycles. The molecule has 8 nitrogen and oxygen atoms in total. The van der Waals surface area contributed by atoms with Gasteiger partial charge in [0.2, 0.25) is 11.7 Å². The molecule has 0 radical (unpaired) electrons. The number of rotatable bonds is 4. The van der Waals surface area contributed by atoms with Gasteiger partial charge in [-0.15, -0.1) is 0 Å². The first-order valence-corrected chi connectivity index (χ1v) is 7.25. The SMILES string of the molecule is Cc1nc(-c2cccc(NC3(OC(=O)O)CCOCC3)c2)no1. The van der Waals surface area contributed by atoms with Crippen LogP contribution in [0.3, 0.4) is 0 Å². The lowest BCUT2D eigenvalue weighted by atomic mass is 10.0. The van der Waals surface area contributed by atoms with Gasteiger partial charge >= 0.3 is 6.16 Å². The highest BCUT2D eigenvalue weighted by Crippen LogP contribution is 2.29. The van der Waals surface area contributed by atoms with Crippen LogP contribution in [0.15, 0.2) is 28.8 Å². The third kappa shape index (κ3) is 3.59. The molecule has 0 aliphatic carbocycles. The normalized spacial score (nSPS) is 16.7. The van der Waals surface area contributed by atoms with Gasteiger partial charge in [-0.1, -0.05) is 17.3 Å². The number of nitrogens with zero attached hydrogens (tertiary/aromatic N) is 2. The van der Waals surface area contributed by atoms with Crippen molar-refractivity contribution < 1.29 is 23.9 Å². The fourth-order valence-electron chi connectivity index (χ4n) is 2.54. The lowest BCUT2D eigenvalue weighted by molar-refractivity contribution is -0.0687. The minimum absolute atomic E-state index is 0.435. The van der Waals surface area contributed by atoms with E-state index in [1.54, 1.807) is 6.92 Å². The maximum atomic E-state index is 11.0. The van der Waals surface area contributed by atoms with Crippen LogP contribution in [-0.2, 0) is 9.47 Å². The van der Waals surface area contributed by atoms with Crippen molar-refractivity contribution in [1.82, 2.24) is 10.1 Å². The van der Waals surface area contributed by atoms with E-state index in [0.717, 1.165) is 5.56 Å². The maximum Gasteiger partial charge on any atom is 0.507 e. The Morgan fingerprint density at radius 1 is 1.39 bits per heavy atom. The fraction of sp³-hybridized carbons (Fsp3) is 0.400. The number of aryl methyl sites for hydroxylation is 1. The quantitative estimate of drug-likeness (QED) is 0.654. The minimum Gasteiger partial charge on any atom is -0.450 e. The molecule has 3 rings (SSSR count). The fourth-order valence-corrected chi connectivity index (χ4v) is 2.54. The monoisotopic (exact) mass is 319 g/mol. The van der Waals surface area contributed by atoms with Crippen molar-refractivity contribution in [2.75, 3.05) is 18.5 Å². The van der Waals surface area contributed by atoms with E-state index in [9.17, 15) is 4.79 Å². The van der Waals surface area contributed by atoms with Gasteiger partial charge in [0.1, 0.15) is 0 Å². The lowest BCUT2D eigenvalue weighted by Crippen LogP contribution is -2.47. The summed E-state index contributed by atoms with van der Waals surface area (Å²) in [7, 11) is 0. The van der Waals surface area contributed by atoms with E-state index in [-0.39, 0.29) is 0 Å². The lowest BCUT2D eigenvalue weighted by Gasteiger charge is -2.36. The summed E-state index contributed by atoms with van der Waals surface area (Å²) in [4.78, 5) is 15.2. The van der Waals surface area contributed by atoms with Gasteiger partial charge in [0.25, 0.3) is 0 Å². The molecule has 1 fully saturated rings. The molecule has 0 saturated carbocycles. The molecule has 0 spiro atoms. The second-order valence-electron chi connectivity index (χ2n) is 5.32. The Morgan fingerprint density at radius 2 is 2.17 bits per heavy atom. The zero-order valence-corrected chi connectivity index (χ0v) is 12.6. The molecule has 1 saturated heterocycles. The molecular weight excluding hydrogens is 302 g/mol. The summed E-state index contributed by atoms with van der Waals surface area (Å²) in [5, 5.41) is 16.1. The van der Waals surface area contributed by atoms with Gasteiger partial charge in [-0.25, -0.2) is 4.79 Å². The first kappa shape index (κ1) is 15.3. The first-order chi connectivity index (χ1) is 11.1. The van der Waals surface area contributed by atoms with E-state index >= 15 is 0 Å². The first-order valence-electron chi connectivity index (χ1n) is 7.25. The van der Waals surface area contributed by atoms with Crippen LogP contribution in [0.1, 0.15) is 18.7 Å². The van der Waals surface area contributed by atoms with Crippen molar-refractivity contribution in [3.63, 3.8) is 0 Å². The van der Waals surface area contributed by atoms with Gasteiger partial charge in [0.15, 0.2) is 5.72 Å². The van der Waals surface area contributed by atoms with E-state index in [1.807, 2.05) is 24.3 Å². The maximum absolute atomic E-state index is 11.0. The molecule has 23 heavy (non-hydrogen) atoms. The standard InChI is InChI=1S/C15H17N3O5/c1-10-16-13(18-23-10)11-3-2-4-12(9-11)17-15(22-14(19)20)5-7-21-8-6-15/h2-4,9,17H,5-8H2,1H3,(H,19,20). The van der Waals surface area contributed by atoms with Crippen LogP contribution in [0.4, 0.5) is 10.5 Å². The highest BCUT2D eigenvalue weighted by molar-refractivity contribution is 5.63. The van der Waals surface area contributed by atoms with Gasteiger partial charge in [-0.2, -0.15) is 4.98 Å². The molecule has 122 valence electrons. The van der Waals surface area contributed by atoms with Gasteiger partial charge < -0.3 is 24.4 Å². The van der Waals surface area contributed by atoms with Crippen LogP contribution in [0.2, 0.25) is 0 Å². The molecule has 2 heterocycles. The minimum atomic E-state index is -1.32. The molecule has 0 amide bonds. The van der Waals surface area contributed by atoms with Crippen LogP contribution in [0.25, 0.3) is 11.4 Å². The summed E-state index contributed by atoms with van der Waals surface area (Å²) < 4.78 is 15.4. The second-order valence-corrected chi connectivity index (χ2v) is 5.32. The number of nitrogens with one attached hydrogen (secondary N) is 1. The van der Waals surface area contributed by atoms with E-state index in [2.05, 4.69) is 15.5 Å². The number of ether oxygens (including phenoxy) is 2. The van der Waals surface area contributed by atoms with Crippen LogP contribution in [-0.4, -0.2) is 40.3 Å². The number of aromatic nitrogens is 2. The Labute approximate surface area is 132 Å². The number of hydrogen-bond donors (Lipinski definition) is 2. The summed E-state index contributed by atoms with van der Waals surface area (Å²) in [6.45, 7) is 2.59. The van der Waals surface area contributed by atoms with Crippen LogP contribution in [0.5, 0.6) is 0 Å². The number of anilines is 1. The van der Waals surface area contributed by atoms with Crippen molar-refractivity contribution >= 4 is 11.8 Å². The number of hydrogen-bond acceptors (Lipinski definition) is 7. The van der Waals surface area contributed by atoms with Gasteiger partial charge in [-0.05, 0) is 12.1 Å². The number of benzene rings is 1. The molecule has 0 atom stereocenters. The summed E-state index contributed by atoms with van der Waals surface area (Å²) >= 11 is 0. The van der Waals surface area contributed by atoms with Crippen molar-refractivity contribution in [3.05, 3.63) is 30.2 Å². The predicted octanol–water partition coefficient (Wildman–Crippen LogP) is 2.66. The van der Waals surface area contributed by atoms with E-state index < -0.39 is 11.9 Å². The average molecular weight is 319 g/mol. The van der Waals surface area contributed by atoms with Crippen molar-refractivity contribution in [2.24, 2.45) is 0 Å². The Kier molecular flexibility index (Phi) is 4.16. The Bertz CT molecular complexity index is 694. The molecule has 1 aliphatic heterocycles. The summed E-state index contributed by atoms with van der Waals surface area (Å²) in [6, 6.07) is 7.34. The smallest absolute Gasteiger partial charge is 0.450 e. The van der Waals surface area contributed by atoms with Crippen molar-refractivity contribution in [1.29, 1.82) is 0 Å². The molecule has 0 unspecified atom stereocenters. The number of carboxylic acid groups (broad SMARTS) is 1. The van der Waals surface area contributed by atoms with Gasteiger partial charge in [0, 0.05) is 31.0 Å². The van der Waals surface area contributed by atoms with Crippen LogP contribution < -0.4 is 5.32 Å². The molecule has 8 heteroatoms. The molecular formula is C15H17N3O5. The highest BCUT2D eigenvalue weighted by Gasteiger charge is 2.36. The third-order valence-electron chi connectivity index (χ3n) is 3.60. The summed E-state index contributed by atoms with van der Waals surface area (Å²) in [6.07, 6.45) is -0.445.